The maximum absolute atomic E-state index is 12.2. The van der Waals surface area contributed by atoms with Crippen molar-refractivity contribution in [2.45, 2.75) is 6.92 Å². The van der Waals surface area contributed by atoms with E-state index >= 15 is 0 Å². The maximum Gasteiger partial charge on any atom is 0.273 e. The zero-order valence-corrected chi connectivity index (χ0v) is 16.5. The second kappa shape index (κ2) is 9.46. The number of hydrogen-bond donors (Lipinski definition) is 1. The fraction of sp³-hybridized carbons (Fsp3) is 0.190. The number of carbonyl (C=O) groups is 1. The van der Waals surface area contributed by atoms with Crippen LogP contribution < -0.4 is 14.8 Å². The molecular formula is C21H20N4O5. The number of methoxy groups -OCH3 is 1. The number of benzene rings is 2. The Bertz CT molecular complexity index is 1040. The normalized spacial score (nSPS) is 10.3. The van der Waals surface area contributed by atoms with E-state index in [1.165, 1.54) is 6.07 Å². The van der Waals surface area contributed by atoms with Gasteiger partial charge in [0.2, 0.25) is 5.88 Å². The standard InChI is InChI=1S/C21H20N4O5/c1-14-3-4-16(13-19(14)25(27)28)21(26)22-11-12-30-20-10-9-18(23-24-20)15-5-7-17(29-2)8-6-15/h3-10,13H,11-12H2,1-2H3,(H,22,26). The second-order valence-electron chi connectivity index (χ2n) is 6.35. The Labute approximate surface area is 172 Å². The molecule has 0 spiro atoms. The number of rotatable bonds is 8. The molecule has 0 atom stereocenters. The van der Waals surface area contributed by atoms with E-state index in [0.29, 0.717) is 17.1 Å². The predicted molar refractivity (Wildman–Crippen MR) is 110 cm³/mol. The van der Waals surface area contributed by atoms with Crippen LogP contribution in [-0.2, 0) is 0 Å². The van der Waals surface area contributed by atoms with Gasteiger partial charge in [0.05, 0.1) is 24.3 Å². The van der Waals surface area contributed by atoms with Crippen molar-refractivity contribution in [3.8, 4) is 22.9 Å². The van der Waals surface area contributed by atoms with Gasteiger partial charge in [0.1, 0.15) is 12.4 Å². The lowest BCUT2D eigenvalue weighted by atomic mass is 10.1. The molecule has 9 heteroatoms. The van der Waals surface area contributed by atoms with Crippen molar-refractivity contribution < 1.29 is 19.2 Å². The third-order valence-electron chi connectivity index (χ3n) is 4.33. The largest absolute Gasteiger partial charge is 0.497 e. The molecule has 1 heterocycles. The first-order chi connectivity index (χ1) is 14.5. The molecule has 0 radical (unpaired) electrons. The lowest BCUT2D eigenvalue weighted by Gasteiger charge is -2.08. The van der Waals surface area contributed by atoms with Gasteiger partial charge in [-0.25, -0.2) is 0 Å². The number of nitrogens with one attached hydrogen (secondary N) is 1. The van der Waals surface area contributed by atoms with Crippen molar-refractivity contribution in [3.63, 3.8) is 0 Å². The van der Waals surface area contributed by atoms with E-state index in [1.807, 2.05) is 24.3 Å². The van der Waals surface area contributed by atoms with Gasteiger partial charge in [-0.15, -0.1) is 10.2 Å². The monoisotopic (exact) mass is 408 g/mol. The van der Waals surface area contributed by atoms with E-state index < -0.39 is 10.8 Å². The van der Waals surface area contributed by atoms with Gasteiger partial charge in [-0.1, -0.05) is 6.07 Å². The molecule has 0 aliphatic rings. The first-order valence-corrected chi connectivity index (χ1v) is 9.12. The van der Waals surface area contributed by atoms with E-state index in [2.05, 4.69) is 15.5 Å². The number of nitrogens with zero attached hydrogens (tertiary/aromatic N) is 3. The van der Waals surface area contributed by atoms with Crippen molar-refractivity contribution in [1.82, 2.24) is 15.5 Å². The molecule has 0 unspecified atom stereocenters. The molecule has 2 aromatic carbocycles. The Morgan fingerprint density at radius 2 is 1.87 bits per heavy atom. The van der Waals surface area contributed by atoms with Crippen LogP contribution in [0, 0.1) is 17.0 Å². The Morgan fingerprint density at radius 1 is 1.10 bits per heavy atom. The molecular weight excluding hydrogens is 388 g/mol. The highest BCUT2D eigenvalue weighted by Crippen LogP contribution is 2.21. The number of ether oxygens (including phenoxy) is 2. The highest BCUT2D eigenvalue weighted by molar-refractivity contribution is 5.94. The minimum atomic E-state index is -0.510. The average Bonchev–Trinajstić information content (AvgIpc) is 2.77. The molecule has 0 fully saturated rings. The summed E-state index contributed by atoms with van der Waals surface area (Å²) in [6.45, 7) is 2.01. The van der Waals surface area contributed by atoms with Crippen LogP contribution in [0.5, 0.6) is 11.6 Å². The van der Waals surface area contributed by atoms with Gasteiger partial charge in [-0.3, -0.25) is 14.9 Å². The summed E-state index contributed by atoms with van der Waals surface area (Å²) in [5.74, 6) is 0.670. The molecule has 1 amide bonds. The predicted octanol–water partition coefficient (Wildman–Crippen LogP) is 3.18. The zero-order chi connectivity index (χ0) is 21.5. The van der Waals surface area contributed by atoms with Crippen LogP contribution in [0.15, 0.2) is 54.6 Å². The fourth-order valence-corrected chi connectivity index (χ4v) is 2.68. The fourth-order valence-electron chi connectivity index (χ4n) is 2.68. The van der Waals surface area contributed by atoms with Crippen LogP contribution in [0.1, 0.15) is 15.9 Å². The van der Waals surface area contributed by atoms with Crippen LogP contribution in [0.4, 0.5) is 5.69 Å². The molecule has 1 N–H and O–H groups in total. The van der Waals surface area contributed by atoms with Gasteiger partial charge in [-0.2, -0.15) is 0 Å². The third kappa shape index (κ3) is 5.07. The Kier molecular flexibility index (Phi) is 6.53. The van der Waals surface area contributed by atoms with E-state index in [9.17, 15) is 14.9 Å². The first kappa shape index (κ1) is 20.7. The number of aromatic nitrogens is 2. The minimum Gasteiger partial charge on any atom is -0.497 e. The molecule has 3 rings (SSSR count). The summed E-state index contributed by atoms with van der Waals surface area (Å²) in [4.78, 5) is 22.6. The maximum atomic E-state index is 12.2. The van der Waals surface area contributed by atoms with Crippen LogP contribution in [0.3, 0.4) is 0 Å². The molecule has 0 saturated heterocycles. The molecule has 30 heavy (non-hydrogen) atoms. The number of amides is 1. The van der Waals surface area contributed by atoms with Crippen LogP contribution in [0.25, 0.3) is 11.3 Å². The summed E-state index contributed by atoms with van der Waals surface area (Å²) in [6.07, 6.45) is 0. The smallest absolute Gasteiger partial charge is 0.273 e. The molecule has 3 aromatic rings. The van der Waals surface area contributed by atoms with Crippen molar-refractivity contribution in [2.75, 3.05) is 20.3 Å². The van der Waals surface area contributed by atoms with Gasteiger partial charge in [0, 0.05) is 28.8 Å². The van der Waals surface area contributed by atoms with Crippen molar-refractivity contribution in [1.29, 1.82) is 0 Å². The third-order valence-corrected chi connectivity index (χ3v) is 4.33. The summed E-state index contributed by atoms with van der Waals surface area (Å²) >= 11 is 0. The Morgan fingerprint density at radius 3 is 2.50 bits per heavy atom. The SMILES string of the molecule is COc1ccc(-c2ccc(OCCNC(=O)c3ccc(C)c([N+](=O)[O-])c3)nn2)cc1. The molecule has 0 aliphatic carbocycles. The van der Waals surface area contributed by atoms with Gasteiger partial charge >= 0.3 is 0 Å². The van der Waals surface area contributed by atoms with Crippen molar-refractivity contribution in [3.05, 3.63) is 75.8 Å². The highest BCUT2D eigenvalue weighted by atomic mass is 16.6. The number of carbonyl (C=O) groups excluding carboxylic acids is 1. The Balaban J connectivity index is 1.50. The van der Waals surface area contributed by atoms with Crippen molar-refractivity contribution in [2.24, 2.45) is 0 Å². The first-order valence-electron chi connectivity index (χ1n) is 9.12. The average molecular weight is 408 g/mol. The van der Waals surface area contributed by atoms with E-state index in [4.69, 9.17) is 9.47 Å². The number of hydrogen-bond acceptors (Lipinski definition) is 7. The number of nitro benzene ring substituents is 1. The van der Waals surface area contributed by atoms with E-state index in [-0.39, 0.29) is 24.4 Å². The van der Waals surface area contributed by atoms with Crippen LogP contribution in [0.2, 0.25) is 0 Å². The lowest BCUT2D eigenvalue weighted by Crippen LogP contribution is -2.28. The molecule has 0 aliphatic heterocycles. The summed E-state index contributed by atoms with van der Waals surface area (Å²) in [7, 11) is 1.61. The van der Waals surface area contributed by atoms with Crippen LogP contribution >= 0.6 is 0 Å². The Hall–Kier alpha value is -4.01. The van der Waals surface area contributed by atoms with Gasteiger partial charge in [0.25, 0.3) is 11.6 Å². The second-order valence-corrected chi connectivity index (χ2v) is 6.35. The minimum absolute atomic E-state index is 0.0916. The van der Waals surface area contributed by atoms with Crippen molar-refractivity contribution >= 4 is 11.6 Å². The molecule has 0 saturated carbocycles. The van der Waals surface area contributed by atoms with E-state index in [0.717, 1.165) is 11.3 Å². The van der Waals surface area contributed by atoms with Gasteiger partial charge in [-0.05, 0) is 43.3 Å². The summed E-state index contributed by atoms with van der Waals surface area (Å²) in [5.41, 5.74) is 2.21. The molecule has 1 aromatic heterocycles. The van der Waals surface area contributed by atoms with Gasteiger partial charge < -0.3 is 14.8 Å². The molecule has 0 bridgehead atoms. The van der Waals surface area contributed by atoms with Gasteiger partial charge in [0.15, 0.2) is 0 Å². The number of nitro groups is 1. The topological polar surface area (TPSA) is 116 Å². The summed E-state index contributed by atoms with van der Waals surface area (Å²) in [6, 6.07) is 15.3. The quantitative estimate of drug-likeness (QED) is 0.346. The number of aryl methyl sites for hydroxylation is 1. The summed E-state index contributed by atoms with van der Waals surface area (Å²) < 4.78 is 10.6. The summed E-state index contributed by atoms with van der Waals surface area (Å²) in [5, 5.41) is 21.8. The highest BCUT2D eigenvalue weighted by Gasteiger charge is 2.14. The molecule has 154 valence electrons. The lowest BCUT2D eigenvalue weighted by molar-refractivity contribution is -0.385. The molecule has 9 nitrogen and oxygen atoms in total. The van der Waals surface area contributed by atoms with Crippen LogP contribution in [-0.4, -0.2) is 41.3 Å². The zero-order valence-electron chi connectivity index (χ0n) is 16.5. The van der Waals surface area contributed by atoms with E-state index in [1.54, 1.807) is 38.3 Å².